The van der Waals surface area contributed by atoms with Gasteiger partial charge in [-0.05, 0) is 30.1 Å². The molecule has 0 aromatic heterocycles. The summed E-state index contributed by atoms with van der Waals surface area (Å²) in [5.41, 5.74) is 5.96. The maximum absolute atomic E-state index is 12.7. The molecule has 1 aliphatic heterocycles. The average molecular weight is 268 g/mol. The van der Waals surface area contributed by atoms with Gasteiger partial charge in [0.15, 0.2) is 0 Å². The minimum absolute atomic E-state index is 0.0200. The highest BCUT2D eigenvalue weighted by atomic mass is 32.1. The number of hydrogen-bond acceptors (Lipinski definition) is 2. The Balaban J connectivity index is 2.16. The smallest absolute Gasteiger partial charge is 0.227 e. The van der Waals surface area contributed by atoms with E-state index in [0.29, 0.717) is 4.99 Å². The van der Waals surface area contributed by atoms with Crippen LogP contribution in [0.3, 0.4) is 0 Å². The zero-order valence-electron chi connectivity index (χ0n) is 11.8. The molecule has 2 aliphatic rings. The summed E-state index contributed by atoms with van der Waals surface area (Å²) in [6.07, 6.45) is 3.11. The minimum atomic E-state index is -0.0200. The fourth-order valence-corrected chi connectivity index (χ4v) is 3.72. The number of nitrogens with two attached hydrogens (primary N) is 1. The van der Waals surface area contributed by atoms with Crippen molar-refractivity contribution in [2.45, 2.75) is 53.0 Å². The molecule has 1 amide bonds. The molecule has 3 nitrogen and oxygen atoms in total. The number of carbonyl (C=O) groups is 1. The lowest BCUT2D eigenvalue weighted by Gasteiger charge is -2.35. The van der Waals surface area contributed by atoms with Crippen LogP contribution in [0, 0.1) is 16.7 Å². The van der Waals surface area contributed by atoms with E-state index in [4.69, 9.17) is 18.0 Å². The van der Waals surface area contributed by atoms with E-state index in [1.807, 2.05) is 4.90 Å². The maximum atomic E-state index is 12.7. The molecule has 1 heterocycles. The van der Waals surface area contributed by atoms with Crippen LogP contribution in [0.5, 0.6) is 0 Å². The van der Waals surface area contributed by atoms with Crippen molar-refractivity contribution in [2.75, 3.05) is 6.54 Å². The molecule has 0 bridgehead atoms. The first-order chi connectivity index (χ1) is 8.21. The first kappa shape index (κ1) is 13.8. The molecule has 4 heteroatoms. The Morgan fingerprint density at radius 2 is 1.78 bits per heavy atom. The van der Waals surface area contributed by atoms with Crippen molar-refractivity contribution in [1.29, 1.82) is 0 Å². The number of amides is 1. The number of nitrogens with zero attached hydrogens (tertiary/aromatic N) is 1. The summed E-state index contributed by atoms with van der Waals surface area (Å²) in [5, 5.41) is 0. The molecule has 1 saturated carbocycles. The third-order valence-corrected chi connectivity index (χ3v) is 5.65. The Morgan fingerprint density at radius 1 is 1.22 bits per heavy atom. The highest BCUT2D eigenvalue weighted by molar-refractivity contribution is 7.80. The molecular formula is C14H24N2OS. The van der Waals surface area contributed by atoms with E-state index in [1.54, 1.807) is 0 Å². The monoisotopic (exact) mass is 268 g/mol. The van der Waals surface area contributed by atoms with Crippen molar-refractivity contribution in [3.8, 4) is 0 Å². The van der Waals surface area contributed by atoms with Gasteiger partial charge in [-0.1, -0.05) is 39.9 Å². The molecule has 1 atom stereocenters. The molecular weight excluding hydrogens is 244 g/mol. The molecule has 0 aromatic rings. The normalized spacial score (nSPS) is 30.0. The molecule has 102 valence electrons. The van der Waals surface area contributed by atoms with Gasteiger partial charge >= 0.3 is 0 Å². The Hall–Kier alpha value is -0.640. The summed E-state index contributed by atoms with van der Waals surface area (Å²) >= 11 is 5.12. The van der Waals surface area contributed by atoms with E-state index < -0.39 is 0 Å². The summed E-state index contributed by atoms with van der Waals surface area (Å²) in [6.45, 7) is 9.51. The summed E-state index contributed by atoms with van der Waals surface area (Å²) in [5.74, 6) is 0.363. The van der Waals surface area contributed by atoms with Crippen LogP contribution in [-0.2, 0) is 4.79 Å². The second-order valence-corrected chi connectivity index (χ2v) is 7.29. The zero-order valence-corrected chi connectivity index (χ0v) is 12.6. The molecule has 2 fully saturated rings. The van der Waals surface area contributed by atoms with Gasteiger partial charge in [-0.2, -0.15) is 0 Å². The molecule has 2 rings (SSSR count). The highest BCUT2D eigenvalue weighted by Gasteiger charge is 2.69. The molecule has 0 radical (unpaired) electrons. The van der Waals surface area contributed by atoms with Gasteiger partial charge in [0.05, 0.1) is 11.0 Å². The van der Waals surface area contributed by atoms with Gasteiger partial charge in [-0.3, -0.25) is 4.79 Å². The van der Waals surface area contributed by atoms with E-state index in [1.165, 1.54) is 0 Å². The van der Waals surface area contributed by atoms with Gasteiger partial charge in [0.2, 0.25) is 5.91 Å². The highest BCUT2D eigenvalue weighted by Crippen LogP contribution is 2.68. The van der Waals surface area contributed by atoms with E-state index in [-0.39, 0.29) is 28.7 Å². The van der Waals surface area contributed by atoms with Crippen LogP contribution in [0.25, 0.3) is 0 Å². The van der Waals surface area contributed by atoms with E-state index in [2.05, 4.69) is 27.7 Å². The quantitative estimate of drug-likeness (QED) is 0.782. The van der Waals surface area contributed by atoms with Gasteiger partial charge in [-0.15, -0.1) is 0 Å². The lowest BCUT2D eigenvalue weighted by atomic mass is 10.00. The Kier molecular flexibility index (Phi) is 3.21. The van der Waals surface area contributed by atoms with Crippen molar-refractivity contribution in [3.05, 3.63) is 0 Å². The van der Waals surface area contributed by atoms with E-state index in [0.717, 1.165) is 25.8 Å². The van der Waals surface area contributed by atoms with Crippen molar-refractivity contribution in [2.24, 2.45) is 22.5 Å². The van der Waals surface area contributed by atoms with Crippen molar-refractivity contribution in [1.82, 2.24) is 4.90 Å². The number of hydrogen-bond donors (Lipinski definition) is 1. The Bertz CT molecular complexity index is 375. The number of thiocarbonyl (C=S) groups is 1. The summed E-state index contributed by atoms with van der Waals surface area (Å²) < 4.78 is 0. The van der Waals surface area contributed by atoms with Gasteiger partial charge in [0, 0.05) is 12.5 Å². The van der Waals surface area contributed by atoms with Crippen LogP contribution < -0.4 is 5.73 Å². The van der Waals surface area contributed by atoms with E-state index >= 15 is 0 Å². The molecule has 0 spiro atoms. The van der Waals surface area contributed by atoms with Crippen LogP contribution in [0.1, 0.15) is 47.0 Å². The number of piperidine rings is 1. The van der Waals surface area contributed by atoms with Crippen LogP contribution in [-0.4, -0.2) is 28.4 Å². The second kappa shape index (κ2) is 4.19. The predicted octanol–water partition coefficient (Wildman–Crippen LogP) is 2.34. The standard InChI is InChI=1S/C14H24N2OS/c1-13(2)10(14(13,3)4)12(17)16-8-6-5-7-9(16)11(15)18/h9-10H,5-8H2,1-4H3,(H2,15,18). The van der Waals surface area contributed by atoms with Crippen molar-refractivity contribution in [3.63, 3.8) is 0 Å². The molecule has 1 unspecified atom stereocenters. The van der Waals surface area contributed by atoms with Crippen LogP contribution in [0.15, 0.2) is 0 Å². The fourth-order valence-electron chi connectivity index (χ4n) is 3.47. The van der Waals surface area contributed by atoms with Gasteiger partial charge in [0.1, 0.15) is 0 Å². The first-order valence-electron chi connectivity index (χ1n) is 6.81. The van der Waals surface area contributed by atoms with Crippen LogP contribution >= 0.6 is 12.2 Å². The van der Waals surface area contributed by atoms with Gasteiger partial charge < -0.3 is 10.6 Å². The predicted molar refractivity (Wildman–Crippen MR) is 77.2 cm³/mol. The second-order valence-electron chi connectivity index (χ2n) is 6.82. The lowest BCUT2D eigenvalue weighted by Crippen LogP contribution is -2.50. The first-order valence-corrected chi connectivity index (χ1v) is 7.22. The summed E-state index contributed by atoms with van der Waals surface area (Å²) in [7, 11) is 0. The summed E-state index contributed by atoms with van der Waals surface area (Å²) in [4.78, 5) is 15.1. The zero-order chi connectivity index (χ0) is 13.7. The molecule has 1 aliphatic carbocycles. The third-order valence-electron chi connectivity index (χ3n) is 5.38. The van der Waals surface area contributed by atoms with E-state index in [9.17, 15) is 4.79 Å². The van der Waals surface area contributed by atoms with Crippen molar-refractivity contribution < 1.29 is 4.79 Å². The van der Waals surface area contributed by atoms with Gasteiger partial charge in [-0.25, -0.2) is 0 Å². The largest absolute Gasteiger partial charge is 0.392 e. The molecule has 18 heavy (non-hydrogen) atoms. The van der Waals surface area contributed by atoms with Crippen molar-refractivity contribution >= 4 is 23.1 Å². The lowest BCUT2D eigenvalue weighted by molar-refractivity contribution is -0.136. The SMILES string of the molecule is CC1(C)C(C(=O)N2CCCCC2C(N)=S)C1(C)C. The fraction of sp³-hybridized carbons (Fsp3) is 0.857. The number of rotatable bonds is 2. The molecule has 0 aromatic carbocycles. The summed E-state index contributed by atoms with van der Waals surface area (Å²) in [6, 6.07) is -0.0200. The minimum Gasteiger partial charge on any atom is -0.392 e. The topological polar surface area (TPSA) is 46.3 Å². The average Bonchev–Trinajstić information content (AvgIpc) is 2.68. The molecule has 1 saturated heterocycles. The third kappa shape index (κ3) is 1.85. The number of likely N-dealkylation sites (tertiary alicyclic amines) is 1. The Morgan fingerprint density at radius 3 is 2.22 bits per heavy atom. The maximum Gasteiger partial charge on any atom is 0.227 e. The van der Waals surface area contributed by atoms with Crippen LogP contribution in [0.4, 0.5) is 0 Å². The van der Waals surface area contributed by atoms with Gasteiger partial charge in [0.25, 0.3) is 0 Å². The number of carbonyl (C=O) groups excluding carboxylic acids is 1. The Labute approximate surface area is 115 Å². The molecule has 2 N–H and O–H groups in total. The van der Waals surface area contributed by atoms with Crippen LogP contribution in [0.2, 0.25) is 0 Å².